The molecule has 0 unspecified atom stereocenters. The van der Waals surface area contributed by atoms with Crippen LogP contribution in [0.25, 0.3) is 152 Å². The maximum absolute atomic E-state index is 6.34. The molecule has 608 valence electrons. The molecule has 5 nitrogen and oxygen atoms in total. The van der Waals surface area contributed by atoms with Gasteiger partial charge in [0.25, 0.3) is 0 Å². The molecule has 0 spiro atoms. The van der Waals surface area contributed by atoms with E-state index in [9.17, 15) is 0 Å². The van der Waals surface area contributed by atoms with E-state index < -0.39 is 10.8 Å². The van der Waals surface area contributed by atoms with E-state index in [1.165, 1.54) is 97.7 Å². The largest absolute Gasteiger partial charge is 0.456 e. The van der Waals surface area contributed by atoms with Crippen LogP contribution in [0.3, 0.4) is 0 Å². The molecule has 0 radical (unpaired) electrons. The number of nitrogens with zero attached hydrogens (tertiary/aromatic N) is 4. The zero-order valence-corrected chi connectivity index (χ0v) is 71.6. The first kappa shape index (κ1) is 75.9. The highest BCUT2D eigenvalue weighted by atomic mass is 32.1. The van der Waals surface area contributed by atoms with Gasteiger partial charge in [-0.25, -0.2) is 9.97 Å². The molecule has 24 aromatic rings. The van der Waals surface area contributed by atoms with Crippen LogP contribution in [-0.2, 0) is 10.8 Å². The summed E-state index contributed by atoms with van der Waals surface area (Å²) in [6.07, 6.45) is 0. The van der Waals surface area contributed by atoms with Gasteiger partial charge in [0.1, 0.15) is 11.2 Å². The Morgan fingerprint density at radius 1 is 0.192 bits per heavy atom. The number of pyridine rings is 2. The van der Waals surface area contributed by atoms with Crippen molar-refractivity contribution in [3.05, 3.63) is 530 Å². The minimum atomic E-state index is -0.491. The first-order chi connectivity index (χ1) is 64.4. The molecular weight excluding hydrogens is 1590 g/mol. The molecule has 2 aliphatic rings. The number of furan rings is 1. The lowest BCUT2D eigenvalue weighted by atomic mass is 9.67. The molecule has 0 amide bonds. The van der Waals surface area contributed by atoms with Gasteiger partial charge < -0.3 is 14.2 Å². The smallest absolute Gasteiger partial charge is 0.137 e. The molecule has 0 fully saturated rings. The molecule has 0 N–H and O–H groups in total. The number of thiophene rings is 1. The van der Waals surface area contributed by atoms with E-state index in [2.05, 4.69) is 483 Å². The number of fused-ring (bicyclic) bond motifs is 18. The molecule has 0 saturated heterocycles. The topological polar surface area (TPSA) is 45.4 Å². The summed E-state index contributed by atoms with van der Waals surface area (Å²) in [6.45, 7) is 0. The van der Waals surface area contributed by atoms with Crippen LogP contribution in [0.5, 0.6) is 0 Å². The quantitative estimate of drug-likeness (QED) is 0.102. The minimum absolute atomic E-state index is 0.485. The Labute approximate surface area is 757 Å². The SMILES string of the molecule is c1ccc(N(c2ccc(-c3cccc(-c4nc5ccccc5c5cc6c(cc45)-c4ccccc4C6(c4ccccc4)c4ccccc4)c3)cc2)c2ccc3c(c2)oc2ccccc23)cc1.c1ccc(N(c2ccc(-c3cccc(-c4nc5ccccc5c5cc6c(cc45)-c4ccccc4C6(c4ccccc4)c4ccccc4)c3)cc2)c2ccc3c(c2)sc2ccccc23)cc1. The van der Waals surface area contributed by atoms with Gasteiger partial charge in [-0.15, -0.1) is 11.3 Å². The second-order valence-electron chi connectivity index (χ2n) is 34.1. The van der Waals surface area contributed by atoms with Gasteiger partial charge in [-0.2, -0.15) is 0 Å². The molecule has 0 aliphatic heterocycles. The first-order valence-electron chi connectivity index (χ1n) is 44.6. The van der Waals surface area contributed by atoms with Crippen molar-refractivity contribution in [1.82, 2.24) is 9.97 Å². The Morgan fingerprint density at radius 3 is 1.02 bits per heavy atom. The summed E-state index contributed by atoms with van der Waals surface area (Å²) in [6, 6.07) is 176. The van der Waals surface area contributed by atoms with Crippen LogP contribution in [-0.4, -0.2) is 9.97 Å². The van der Waals surface area contributed by atoms with Crippen LogP contribution in [0.1, 0.15) is 44.5 Å². The monoisotopic (exact) mass is 1670 g/mol. The van der Waals surface area contributed by atoms with E-state index in [1.807, 2.05) is 23.5 Å². The summed E-state index contributed by atoms with van der Waals surface area (Å²) in [7, 11) is 0. The van der Waals surface area contributed by atoms with Gasteiger partial charge in [0.15, 0.2) is 0 Å². The van der Waals surface area contributed by atoms with Crippen molar-refractivity contribution in [2.45, 2.75) is 10.8 Å². The van der Waals surface area contributed by atoms with E-state index >= 15 is 0 Å². The van der Waals surface area contributed by atoms with E-state index in [4.69, 9.17) is 14.4 Å². The van der Waals surface area contributed by atoms with Gasteiger partial charge >= 0.3 is 0 Å². The third kappa shape index (κ3) is 12.4. The Hall–Kier alpha value is -16.6. The number of rotatable bonds is 14. The fraction of sp³-hybridized carbons (Fsp3) is 0.0161. The fourth-order valence-electron chi connectivity index (χ4n) is 21.3. The van der Waals surface area contributed by atoms with Gasteiger partial charge in [0.2, 0.25) is 0 Å². The Morgan fingerprint density at radius 2 is 0.546 bits per heavy atom. The molecule has 6 heteroatoms. The van der Waals surface area contributed by atoms with Crippen molar-refractivity contribution in [2.75, 3.05) is 9.80 Å². The number of benzene rings is 20. The summed E-state index contributed by atoms with van der Waals surface area (Å²) in [5.41, 5.74) is 33.2. The molecule has 2 aliphatic carbocycles. The molecule has 4 aromatic heterocycles. The van der Waals surface area contributed by atoms with Crippen molar-refractivity contribution in [3.8, 4) is 67.0 Å². The predicted octanol–water partition coefficient (Wildman–Crippen LogP) is 33.4. The van der Waals surface area contributed by atoms with Gasteiger partial charge in [0.05, 0.1) is 33.3 Å². The van der Waals surface area contributed by atoms with Crippen molar-refractivity contribution < 1.29 is 4.42 Å². The number of para-hydroxylation sites is 5. The molecule has 26 rings (SSSR count). The van der Waals surface area contributed by atoms with Crippen LogP contribution < -0.4 is 9.80 Å². The third-order valence-corrected chi connectivity index (χ3v) is 28.1. The van der Waals surface area contributed by atoms with Crippen molar-refractivity contribution >= 4 is 131 Å². The van der Waals surface area contributed by atoms with Crippen molar-refractivity contribution in [3.63, 3.8) is 0 Å². The normalized spacial score (nSPS) is 12.7. The summed E-state index contributed by atoms with van der Waals surface area (Å²) in [5, 5.41) is 11.8. The number of aromatic nitrogens is 2. The van der Waals surface area contributed by atoms with E-state index in [1.54, 1.807) is 0 Å². The summed E-state index contributed by atoms with van der Waals surface area (Å²) < 4.78 is 8.94. The Balaban J connectivity index is 0.000000140. The van der Waals surface area contributed by atoms with Crippen LogP contribution in [0, 0.1) is 0 Å². The molecule has 20 aromatic carbocycles. The minimum Gasteiger partial charge on any atom is -0.456 e. The van der Waals surface area contributed by atoms with Crippen LogP contribution in [0.15, 0.2) is 490 Å². The second-order valence-corrected chi connectivity index (χ2v) is 35.1. The van der Waals surface area contributed by atoms with Gasteiger partial charge in [-0.05, 0) is 233 Å². The van der Waals surface area contributed by atoms with Crippen LogP contribution >= 0.6 is 11.3 Å². The van der Waals surface area contributed by atoms with Gasteiger partial charge in [-0.1, -0.05) is 346 Å². The van der Waals surface area contributed by atoms with Crippen LogP contribution in [0.2, 0.25) is 0 Å². The highest BCUT2D eigenvalue weighted by molar-refractivity contribution is 7.25. The maximum atomic E-state index is 6.34. The summed E-state index contributed by atoms with van der Waals surface area (Å²) in [5.74, 6) is 0. The van der Waals surface area contributed by atoms with Gasteiger partial charge in [0, 0.05) is 104 Å². The fourth-order valence-corrected chi connectivity index (χ4v) is 22.4. The molecule has 0 atom stereocenters. The van der Waals surface area contributed by atoms with E-state index in [0.29, 0.717) is 0 Å². The highest BCUT2D eigenvalue weighted by Gasteiger charge is 2.48. The highest BCUT2D eigenvalue weighted by Crippen LogP contribution is 2.60. The lowest BCUT2D eigenvalue weighted by Crippen LogP contribution is -2.28. The van der Waals surface area contributed by atoms with E-state index in [0.717, 1.165) is 133 Å². The standard InChI is InChI=1S/C62H40N2O.C62H40N2S/c2*1-4-19-44(20-5-1)62(45-21-6-2-7-22-45)56-28-13-10-25-49(56)54-39-55-53(40-57(54)62)50-26-11-14-29-58(50)63-61(55)43-18-16-17-42(37-43)41-31-33-47(34-32-41)64(46-23-8-3-9-24-46)48-35-36-52-51-27-12-15-30-59(51)65-60(52)38-48/h2*1-40H. The van der Waals surface area contributed by atoms with Crippen molar-refractivity contribution in [2.24, 2.45) is 0 Å². The number of anilines is 6. The Bertz CT molecular complexity index is 7950. The molecule has 4 heterocycles. The lowest BCUT2D eigenvalue weighted by molar-refractivity contribution is 0.669. The van der Waals surface area contributed by atoms with Crippen LogP contribution in [0.4, 0.5) is 34.1 Å². The lowest BCUT2D eigenvalue weighted by Gasteiger charge is -2.34. The number of hydrogen-bond donors (Lipinski definition) is 0. The average molecular weight is 1670 g/mol. The molecular formula is C124H80N4OS. The zero-order valence-electron chi connectivity index (χ0n) is 70.8. The third-order valence-electron chi connectivity index (χ3n) is 27.0. The molecule has 0 saturated carbocycles. The molecule has 0 bridgehead atoms. The summed E-state index contributed by atoms with van der Waals surface area (Å²) >= 11 is 1.85. The predicted molar refractivity (Wildman–Crippen MR) is 544 cm³/mol. The Kier molecular flexibility index (Phi) is 18.2. The average Bonchev–Trinajstić information content (AvgIpc) is 1.53. The molecule has 130 heavy (non-hydrogen) atoms. The summed E-state index contributed by atoms with van der Waals surface area (Å²) in [4.78, 5) is 15.6. The maximum Gasteiger partial charge on any atom is 0.137 e. The number of hydrogen-bond acceptors (Lipinski definition) is 6. The van der Waals surface area contributed by atoms with E-state index in [-0.39, 0.29) is 0 Å². The van der Waals surface area contributed by atoms with Gasteiger partial charge in [-0.3, -0.25) is 0 Å². The first-order valence-corrected chi connectivity index (χ1v) is 45.4. The zero-order chi connectivity index (χ0) is 85.8. The van der Waals surface area contributed by atoms with Crippen molar-refractivity contribution in [1.29, 1.82) is 0 Å². The second kappa shape index (κ2) is 31.2.